The standard InChI is InChI=1S/C28H20N2O7/c31-21-12-14-23(24(32)15-21)26(33)30-29-17-20-11-13-22(36-27(34)18-7-3-1-4-8-18)16-25(20)37-28(35)19-9-5-2-6-10-19/h1-17,31-32H,(H,30,33)/b29-17+. The van der Waals surface area contributed by atoms with Crippen LogP contribution in [0.4, 0.5) is 0 Å². The van der Waals surface area contributed by atoms with Gasteiger partial charge in [-0.05, 0) is 48.5 Å². The Morgan fingerprint density at radius 3 is 1.97 bits per heavy atom. The molecule has 0 saturated heterocycles. The molecule has 0 atom stereocenters. The molecule has 0 aliphatic heterocycles. The summed E-state index contributed by atoms with van der Waals surface area (Å²) in [7, 11) is 0. The van der Waals surface area contributed by atoms with Crippen LogP contribution in [0.3, 0.4) is 0 Å². The highest BCUT2D eigenvalue weighted by Gasteiger charge is 2.15. The lowest BCUT2D eigenvalue weighted by molar-refractivity contribution is 0.0731. The van der Waals surface area contributed by atoms with Crippen LogP contribution in [0.2, 0.25) is 0 Å². The van der Waals surface area contributed by atoms with Crippen molar-refractivity contribution < 1.29 is 34.1 Å². The first-order valence-electron chi connectivity index (χ1n) is 10.9. The highest BCUT2D eigenvalue weighted by molar-refractivity contribution is 5.98. The van der Waals surface area contributed by atoms with Crippen molar-refractivity contribution in [3.63, 3.8) is 0 Å². The molecule has 0 heterocycles. The topological polar surface area (TPSA) is 135 Å². The maximum atomic E-state index is 12.7. The van der Waals surface area contributed by atoms with Crippen LogP contribution in [0.1, 0.15) is 36.6 Å². The van der Waals surface area contributed by atoms with Crippen LogP contribution in [0.5, 0.6) is 23.0 Å². The van der Waals surface area contributed by atoms with E-state index in [1.807, 2.05) is 0 Å². The molecule has 0 fully saturated rings. The molecule has 0 aromatic heterocycles. The van der Waals surface area contributed by atoms with Gasteiger partial charge in [0.05, 0.1) is 22.9 Å². The molecule has 0 unspecified atom stereocenters. The first-order chi connectivity index (χ1) is 17.9. The van der Waals surface area contributed by atoms with Crippen molar-refractivity contribution >= 4 is 24.1 Å². The van der Waals surface area contributed by atoms with Gasteiger partial charge in [0.25, 0.3) is 5.91 Å². The van der Waals surface area contributed by atoms with Crippen LogP contribution in [-0.4, -0.2) is 34.3 Å². The number of hydrazone groups is 1. The van der Waals surface area contributed by atoms with Crippen LogP contribution in [0.15, 0.2) is 102 Å². The molecule has 3 N–H and O–H groups in total. The van der Waals surface area contributed by atoms with Crippen LogP contribution >= 0.6 is 0 Å². The van der Waals surface area contributed by atoms with E-state index in [1.54, 1.807) is 60.7 Å². The molecule has 0 spiro atoms. The summed E-state index contributed by atoms with van der Waals surface area (Å²) in [5.41, 5.74) is 3.08. The number of nitrogens with one attached hydrogen (secondary N) is 1. The zero-order valence-corrected chi connectivity index (χ0v) is 19.2. The number of carbonyl (C=O) groups is 3. The summed E-state index contributed by atoms with van der Waals surface area (Å²) in [6.07, 6.45) is 1.23. The minimum absolute atomic E-state index is 0.0256. The average molecular weight is 496 g/mol. The van der Waals surface area contributed by atoms with Crippen molar-refractivity contribution in [3.8, 4) is 23.0 Å². The van der Waals surface area contributed by atoms with Gasteiger partial charge in [0.15, 0.2) is 0 Å². The summed E-state index contributed by atoms with van der Waals surface area (Å²) >= 11 is 0. The van der Waals surface area contributed by atoms with Crippen molar-refractivity contribution in [1.82, 2.24) is 5.43 Å². The lowest BCUT2D eigenvalue weighted by Gasteiger charge is -2.10. The van der Waals surface area contributed by atoms with Crippen molar-refractivity contribution in [3.05, 3.63) is 119 Å². The fraction of sp³-hybridized carbons (Fsp3) is 0. The summed E-state index contributed by atoms with van der Waals surface area (Å²) < 4.78 is 10.9. The van der Waals surface area contributed by atoms with Crippen molar-refractivity contribution in [2.24, 2.45) is 5.10 Å². The molecule has 0 saturated carbocycles. The molecule has 9 heteroatoms. The number of rotatable bonds is 7. The lowest BCUT2D eigenvalue weighted by Crippen LogP contribution is -2.18. The lowest BCUT2D eigenvalue weighted by atomic mass is 10.2. The van der Waals surface area contributed by atoms with Crippen LogP contribution in [0.25, 0.3) is 0 Å². The van der Waals surface area contributed by atoms with E-state index in [0.717, 1.165) is 6.07 Å². The molecule has 4 aromatic rings. The number of phenols is 2. The minimum atomic E-state index is -0.731. The predicted molar refractivity (Wildman–Crippen MR) is 134 cm³/mol. The highest BCUT2D eigenvalue weighted by Crippen LogP contribution is 2.26. The number of hydrogen-bond acceptors (Lipinski definition) is 8. The molecule has 0 bridgehead atoms. The smallest absolute Gasteiger partial charge is 0.343 e. The first-order valence-corrected chi connectivity index (χ1v) is 10.9. The number of benzene rings is 4. The van der Waals surface area contributed by atoms with Gasteiger partial charge in [0.1, 0.15) is 23.0 Å². The second-order valence-electron chi connectivity index (χ2n) is 7.61. The van der Waals surface area contributed by atoms with E-state index < -0.39 is 23.6 Å². The predicted octanol–water partition coefficient (Wildman–Crippen LogP) is 4.30. The van der Waals surface area contributed by atoms with E-state index >= 15 is 0 Å². The van der Waals surface area contributed by atoms with E-state index in [-0.39, 0.29) is 22.8 Å². The summed E-state index contributed by atoms with van der Waals surface area (Å²) in [4.78, 5) is 37.4. The normalized spacial score (nSPS) is 10.6. The molecule has 0 aliphatic carbocycles. The second-order valence-corrected chi connectivity index (χ2v) is 7.61. The van der Waals surface area contributed by atoms with Gasteiger partial charge < -0.3 is 19.7 Å². The van der Waals surface area contributed by atoms with Gasteiger partial charge in [0.2, 0.25) is 0 Å². The fourth-order valence-electron chi connectivity index (χ4n) is 3.18. The molecular weight excluding hydrogens is 476 g/mol. The van der Waals surface area contributed by atoms with E-state index in [0.29, 0.717) is 16.7 Å². The van der Waals surface area contributed by atoms with Crippen LogP contribution < -0.4 is 14.9 Å². The maximum absolute atomic E-state index is 12.7. The molecule has 0 radical (unpaired) electrons. The molecule has 4 aromatic carbocycles. The zero-order chi connectivity index (χ0) is 26.2. The quantitative estimate of drug-likeness (QED) is 0.150. The van der Waals surface area contributed by atoms with Gasteiger partial charge in [-0.3, -0.25) is 4.79 Å². The fourth-order valence-corrected chi connectivity index (χ4v) is 3.18. The van der Waals surface area contributed by atoms with Gasteiger partial charge in [-0.15, -0.1) is 0 Å². The van der Waals surface area contributed by atoms with E-state index in [4.69, 9.17) is 9.47 Å². The number of hydrogen-bond donors (Lipinski definition) is 3. The Morgan fingerprint density at radius 1 is 0.730 bits per heavy atom. The Labute approximate surface area is 211 Å². The Morgan fingerprint density at radius 2 is 1.35 bits per heavy atom. The number of carbonyl (C=O) groups excluding carboxylic acids is 3. The van der Waals surface area contributed by atoms with Crippen molar-refractivity contribution in [2.45, 2.75) is 0 Å². The number of amides is 1. The monoisotopic (exact) mass is 496 g/mol. The summed E-state index contributed by atoms with van der Waals surface area (Å²) in [5.74, 6) is -2.45. The number of phenolic OH excluding ortho intramolecular Hbond substituents is 2. The Kier molecular flexibility index (Phi) is 7.55. The third-order valence-electron chi connectivity index (χ3n) is 5.01. The molecular formula is C28H20N2O7. The summed E-state index contributed by atoms with van der Waals surface area (Å²) in [6, 6.07) is 24.5. The second kappa shape index (κ2) is 11.3. The van der Waals surface area contributed by atoms with E-state index in [1.165, 1.54) is 36.5 Å². The highest BCUT2D eigenvalue weighted by atomic mass is 16.5. The number of esters is 2. The third kappa shape index (κ3) is 6.37. The maximum Gasteiger partial charge on any atom is 0.343 e. The molecule has 9 nitrogen and oxygen atoms in total. The summed E-state index contributed by atoms with van der Waals surface area (Å²) in [5, 5.41) is 23.1. The minimum Gasteiger partial charge on any atom is -0.508 e. The largest absolute Gasteiger partial charge is 0.508 e. The van der Waals surface area contributed by atoms with Crippen LogP contribution in [0, 0.1) is 0 Å². The third-order valence-corrected chi connectivity index (χ3v) is 5.01. The van der Waals surface area contributed by atoms with Crippen molar-refractivity contribution in [1.29, 1.82) is 0 Å². The van der Waals surface area contributed by atoms with E-state index in [9.17, 15) is 24.6 Å². The number of nitrogens with zero attached hydrogens (tertiary/aromatic N) is 1. The van der Waals surface area contributed by atoms with E-state index in [2.05, 4.69) is 10.5 Å². The van der Waals surface area contributed by atoms with Crippen molar-refractivity contribution in [2.75, 3.05) is 0 Å². The first kappa shape index (κ1) is 24.7. The number of aromatic hydroxyl groups is 2. The average Bonchev–Trinajstić information content (AvgIpc) is 2.90. The molecule has 184 valence electrons. The molecule has 37 heavy (non-hydrogen) atoms. The van der Waals surface area contributed by atoms with Crippen LogP contribution in [-0.2, 0) is 0 Å². The zero-order valence-electron chi connectivity index (χ0n) is 19.2. The van der Waals surface area contributed by atoms with Gasteiger partial charge in [-0.2, -0.15) is 5.10 Å². The summed E-state index contributed by atoms with van der Waals surface area (Å²) in [6.45, 7) is 0. The molecule has 0 aliphatic rings. The van der Waals surface area contributed by atoms with Gasteiger partial charge in [-0.1, -0.05) is 36.4 Å². The van der Waals surface area contributed by atoms with Gasteiger partial charge >= 0.3 is 11.9 Å². The van der Waals surface area contributed by atoms with Gasteiger partial charge in [-0.25, -0.2) is 15.0 Å². The Hall–Kier alpha value is -5.44. The molecule has 1 amide bonds. The SMILES string of the molecule is O=C(Oc1ccc(/C=N/NC(=O)c2ccc(O)cc2O)c(OC(=O)c2ccccc2)c1)c1ccccc1. The Bertz CT molecular complexity index is 1470. The Balaban J connectivity index is 1.56. The number of ether oxygens (including phenoxy) is 2. The molecule has 4 rings (SSSR count). The van der Waals surface area contributed by atoms with Gasteiger partial charge in [0, 0.05) is 17.7 Å².